The SMILES string of the molecule is CC1=C(C(=O)Nc2ccc(F)cc2F)[C@H](c2ccccc2C)C2=C(CCCC2=O)N1. The number of benzene rings is 2. The highest BCUT2D eigenvalue weighted by Crippen LogP contribution is 2.43. The first kappa shape index (κ1) is 20.0. The van der Waals surface area contributed by atoms with Gasteiger partial charge in [-0.15, -0.1) is 0 Å². The van der Waals surface area contributed by atoms with Crippen LogP contribution in [0.25, 0.3) is 0 Å². The quantitative estimate of drug-likeness (QED) is 0.761. The highest BCUT2D eigenvalue weighted by molar-refractivity contribution is 6.09. The average Bonchev–Trinajstić information content (AvgIpc) is 2.69. The molecule has 0 saturated carbocycles. The summed E-state index contributed by atoms with van der Waals surface area (Å²) in [5.41, 5.74) is 4.15. The number of rotatable bonds is 3. The van der Waals surface area contributed by atoms with Crippen molar-refractivity contribution in [2.24, 2.45) is 0 Å². The lowest BCUT2D eigenvalue weighted by molar-refractivity contribution is -0.116. The summed E-state index contributed by atoms with van der Waals surface area (Å²) in [4.78, 5) is 26.2. The topological polar surface area (TPSA) is 58.2 Å². The molecule has 4 nitrogen and oxygen atoms in total. The van der Waals surface area contributed by atoms with E-state index in [9.17, 15) is 18.4 Å². The van der Waals surface area contributed by atoms with Crippen molar-refractivity contribution in [1.29, 1.82) is 0 Å². The standard InChI is InChI=1S/C24H22F2N2O2/c1-13-6-3-4-7-16(13)22-21(14(2)27-19-8-5-9-20(29)23(19)22)24(30)28-18-11-10-15(25)12-17(18)26/h3-4,6-7,10-12,22,27H,5,8-9H2,1-2H3,(H,28,30)/t22-/m0/s1. The predicted molar refractivity (Wildman–Crippen MR) is 111 cm³/mol. The van der Waals surface area contributed by atoms with Crippen LogP contribution in [0.1, 0.15) is 43.2 Å². The number of allylic oxidation sites excluding steroid dienone is 3. The maximum atomic E-state index is 14.1. The zero-order chi connectivity index (χ0) is 21.4. The largest absolute Gasteiger partial charge is 0.362 e. The number of hydrogen-bond donors (Lipinski definition) is 2. The number of nitrogens with one attached hydrogen (secondary N) is 2. The van der Waals surface area contributed by atoms with Crippen molar-refractivity contribution < 1.29 is 18.4 Å². The molecule has 2 N–H and O–H groups in total. The van der Waals surface area contributed by atoms with Crippen molar-refractivity contribution >= 4 is 17.4 Å². The number of anilines is 1. The third kappa shape index (κ3) is 3.54. The Morgan fingerprint density at radius 2 is 1.87 bits per heavy atom. The third-order valence-corrected chi connectivity index (χ3v) is 5.70. The van der Waals surface area contributed by atoms with Crippen molar-refractivity contribution in [2.45, 2.75) is 39.0 Å². The van der Waals surface area contributed by atoms with E-state index in [0.717, 1.165) is 41.8 Å². The van der Waals surface area contributed by atoms with Gasteiger partial charge in [0.05, 0.1) is 5.69 Å². The van der Waals surface area contributed by atoms with Crippen LogP contribution in [-0.2, 0) is 9.59 Å². The second kappa shape index (κ2) is 7.86. The Hall–Kier alpha value is -3.28. The Labute approximate surface area is 173 Å². The van der Waals surface area contributed by atoms with Gasteiger partial charge in [-0.1, -0.05) is 24.3 Å². The van der Waals surface area contributed by atoms with Crippen molar-refractivity contribution in [3.63, 3.8) is 0 Å². The maximum Gasteiger partial charge on any atom is 0.254 e. The van der Waals surface area contributed by atoms with E-state index in [4.69, 9.17) is 0 Å². The fourth-order valence-electron chi connectivity index (χ4n) is 4.29. The first-order valence-electron chi connectivity index (χ1n) is 9.92. The smallest absolute Gasteiger partial charge is 0.254 e. The van der Waals surface area contributed by atoms with Crippen LogP contribution in [0.5, 0.6) is 0 Å². The highest BCUT2D eigenvalue weighted by Gasteiger charge is 2.39. The lowest BCUT2D eigenvalue weighted by Gasteiger charge is -2.35. The second-order valence-electron chi connectivity index (χ2n) is 7.70. The molecule has 0 fully saturated rings. The molecule has 0 radical (unpaired) electrons. The third-order valence-electron chi connectivity index (χ3n) is 5.70. The predicted octanol–water partition coefficient (Wildman–Crippen LogP) is 4.88. The van der Waals surface area contributed by atoms with Crippen LogP contribution in [0.4, 0.5) is 14.5 Å². The van der Waals surface area contributed by atoms with Gasteiger partial charge in [0.15, 0.2) is 5.78 Å². The zero-order valence-corrected chi connectivity index (χ0v) is 16.8. The number of dihydropyridines is 1. The Morgan fingerprint density at radius 3 is 2.60 bits per heavy atom. The van der Waals surface area contributed by atoms with Gasteiger partial charge in [-0.2, -0.15) is 0 Å². The lowest BCUT2D eigenvalue weighted by Crippen LogP contribution is -2.35. The molecule has 1 amide bonds. The van der Waals surface area contributed by atoms with Crippen LogP contribution in [0.2, 0.25) is 0 Å². The number of ketones is 1. The summed E-state index contributed by atoms with van der Waals surface area (Å²) in [6, 6.07) is 10.6. The number of carbonyl (C=O) groups is 2. The van der Waals surface area contributed by atoms with E-state index in [1.165, 1.54) is 6.07 Å². The molecule has 1 heterocycles. The summed E-state index contributed by atoms with van der Waals surface area (Å²) in [5, 5.41) is 5.79. The first-order chi connectivity index (χ1) is 14.4. The lowest BCUT2D eigenvalue weighted by atomic mass is 9.74. The molecule has 2 aromatic rings. The molecule has 1 atom stereocenters. The fourth-order valence-corrected chi connectivity index (χ4v) is 4.29. The van der Waals surface area contributed by atoms with E-state index in [1.54, 1.807) is 6.92 Å². The Morgan fingerprint density at radius 1 is 1.10 bits per heavy atom. The van der Waals surface area contributed by atoms with Crippen molar-refractivity contribution in [3.8, 4) is 0 Å². The summed E-state index contributed by atoms with van der Waals surface area (Å²) >= 11 is 0. The highest BCUT2D eigenvalue weighted by atomic mass is 19.1. The van der Waals surface area contributed by atoms with Crippen LogP contribution >= 0.6 is 0 Å². The Bertz CT molecular complexity index is 1120. The normalized spacial score (nSPS) is 18.8. The van der Waals surface area contributed by atoms with Crippen molar-refractivity contribution in [1.82, 2.24) is 5.32 Å². The number of hydrogen-bond acceptors (Lipinski definition) is 3. The van der Waals surface area contributed by atoms with E-state index in [-0.39, 0.29) is 11.5 Å². The van der Waals surface area contributed by atoms with Gasteiger partial charge >= 0.3 is 0 Å². The molecule has 154 valence electrons. The van der Waals surface area contributed by atoms with Gasteiger partial charge in [-0.05, 0) is 49.9 Å². The molecule has 2 aromatic carbocycles. The molecule has 4 rings (SSSR count). The summed E-state index contributed by atoms with van der Waals surface area (Å²) in [5.74, 6) is -2.63. The monoisotopic (exact) mass is 408 g/mol. The summed E-state index contributed by atoms with van der Waals surface area (Å²) in [6.07, 6.45) is 1.94. The average molecular weight is 408 g/mol. The van der Waals surface area contributed by atoms with E-state index >= 15 is 0 Å². The van der Waals surface area contributed by atoms with Gasteiger partial charge in [-0.25, -0.2) is 8.78 Å². The molecule has 0 unspecified atom stereocenters. The number of Topliss-reactive ketones (excluding diaryl/α,β-unsaturated/α-hetero) is 1. The van der Waals surface area contributed by atoms with E-state index < -0.39 is 23.5 Å². The maximum absolute atomic E-state index is 14.1. The summed E-state index contributed by atoms with van der Waals surface area (Å²) in [7, 11) is 0. The molecule has 30 heavy (non-hydrogen) atoms. The van der Waals surface area contributed by atoms with Crippen LogP contribution < -0.4 is 10.6 Å². The van der Waals surface area contributed by atoms with Crippen LogP contribution in [0.3, 0.4) is 0 Å². The minimum absolute atomic E-state index is 0.0164. The molecule has 0 aromatic heterocycles. The number of aryl methyl sites for hydroxylation is 1. The van der Waals surface area contributed by atoms with Gasteiger partial charge in [0.25, 0.3) is 5.91 Å². The molecule has 1 aliphatic heterocycles. The van der Waals surface area contributed by atoms with Gasteiger partial charge in [0.2, 0.25) is 0 Å². The van der Waals surface area contributed by atoms with Gasteiger partial charge < -0.3 is 10.6 Å². The van der Waals surface area contributed by atoms with E-state index in [1.807, 2.05) is 31.2 Å². The molecular formula is C24H22F2N2O2. The van der Waals surface area contributed by atoms with Gasteiger partial charge in [0, 0.05) is 40.9 Å². The number of halogens is 2. The fraction of sp³-hybridized carbons (Fsp3) is 0.250. The minimum Gasteiger partial charge on any atom is -0.362 e. The van der Waals surface area contributed by atoms with Gasteiger partial charge in [-0.3, -0.25) is 9.59 Å². The molecule has 6 heteroatoms. The molecule has 1 aliphatic carbocycles. The minimum atomic E-state index is -0.855. The molecule has 0 saturated heterocycles. The van der Waals surface area contributed by atoms with Crippen LogP contribution in [0, 0.1) is 18.6 Å². The van der Waals surface area contributed by atoms with Crippen LogP contribution in [-0.4, -0.2) is 11.7 Å². The van der Waals surface area contributed by atoms with Crippen molar-refractivity contribution in [3.05, 3.63) is 87.8 Å². The second-order valence-corrected chi connectivity index (χ2v) is 7.70. The Balaban J connectivity index is 1.81. The van der Waals surface area contributed by atoms with E-state index in [0.29, 0.717) is 23.3 Å². The first-order valence-corrected chi connectivity index (χ1v) is 9.92. The molecule has 0 bridgehead atoms. The molecule has 0 spiro atoms. The summed E-state index contributed by atoms with van der Waals surface area (Å²) in [6.45, 7) is 3.72. The molecule has 2 aliphatic rings. The number of amides is 1. The van der Waals surface area contributed by atoms with Crippen LogP contribution in [0.15, 0.2) is 65.0 Å². The molecular weight excluding hydrogens is 386 g/mol. The Kier molecular flexibility index (Phi) is 5.24. The van der Waals surface area contributed by atoms with E-state index in [2.05, 4.69) is 10.6 Å². The van der Waals surface area contributed by atoms with Crippen molar-refractivity contribution in [2.75, 3.05) is 5.32 Å². The number of carbonyl (C=O) groups excluding carboxylic acids is 2. The zero-order valence-electron chi connectivity index (χ0n) is 16.8. The van der Waals surface area contributed by atoms with Gasteiger partial charge in [0.1, 0.15) is 11.6 Å². The summed E-state index contributed by atoms with van der Waals surface area (Å²) < 4.78 is 27.4.